The van der Waals surface area contributed by atoms with Gasteiger partial charge in [-0.15, -0.1) is 0 Å². The molecule has 6 nitrogen and oxygen atoms in total. The van der Waals surface area contributed by atoms with E-state index >= 15 is 0 Å². The summed E-state index contributed by atoms with van der Waals surface area (Å²) in [5, 5.41) is 9.52. The van der Waals surface area contributed by atoms with E-state index in [4.69, 9.17) is 14.5 Å². The van der Waals surface area contributed by atoms with Crippen molar-refractivity contribution >= 4 is 13.6 Å². The number of esters is 1. The Hall–Kier alpha value is -0.420. The molecule has 0 aromatic carbocycles. The maximum atomic E-state index is 11.6. The Bertz CT molecular complexity index is 396. The first-order valence-corrected chi connectivity index (χ1v) is 12.5. The van der Waals surface area contributed by atoms with E-state index in [0.717, 1.165) is 19.3 Å². The van der Waals surface area contributed by atoms with E-state index in [1.165, 1.54) is 64.2 Å². The molecule has 0 aromatic heterocycles. The highest BCUT2D eigenvalue weighted by atomic mass is 31.2. The zero-order valence-corrected chi connectivity index (χ0v) is 18.0. The molecule has 27 heavy (non-hydrogen) atoms. The standard InChI is InChI=1S/C20H41O6P/c1-2-3-4-5-6-7-8-9-10-11-12-13-14-15-20(22)26-18-19(21)16-17-27(23,24)25/h19,21H,2-18H2,1H3,(H2,23,24,25)/t19-/m0/s1. The van der Waals surface area contributed by atoms with Gasteiger partial charge in [-0.05, 0) is 12.8 Å². The quantitative estimate of drug-likeness (QED) is 0.159. The molecular formula is C20H41O6P. The summed E-state index contributed by atoms with van der Waals surface area (Å²) in [5.41, 5.74) is 0. The normalized spacial score (nSPS) is 12.9. The Labute approximate surface area is 165 Å². The number of unbranched alkanes of at least 4 members (excludes halogenated alkanes) is 12. The average molecular weight is 409 g/mol. The first-order valence-electron chi connectivity index (χ1n) is 10.7. The summed E-state index contributed by atoms with van der Waals surface area (Å²) in [4.78, 5) is 29.0. The van der Waals surface area contributed by atoms with E-state index in [2.05, 4.69) is 6.92 Å². The molecule has 0 aromatic rings. The molecule has 0 fully saturated rings. The Balaban J connectivity index is 3.33. The summed E-state index contributed by atoms with van der Waals surface area (Å²) in [7, 11) is -4.11. The number of carbonyl (C=O) groups is 1. The maximum Gasteiger partial charge on any atom is 0.325 e. The number of hydrogen-bond donors (Lipinski definition) is 3. The third-order valence-electron chi connectivity index (χ3n) is 4.67. The van der Waals surface area contributed by atoms with E-state index < -0.39 is 19.9 Å². The van der Waals surface area contributed by atoms with Gasteiger partial charge in [-0.25, -0.2) is 0 Å². The molecule has 0 saturated heterocycles. The smallest absolute Gasteiger partial charge is 0.325 e. The second-order valence-electron chi connectivity index (χ2n) is 7.51. The van der Waals surface area contributed by atoms with Crippen LogP contribution >= 0.6 is 7.60 Å². The van der Waals surface area contributed by atoms with Crippen LogP contribution in [0, 0.1) is 0 Å². The topological polar surface area (TPSA) is 104 Å². The van der Waals surface area contributed by atoms with Crippen molar-refractivity contribution in [3.8, 4) is 0 Å². The second kappa shape index (κ2) is 17.7. The van der Waals surface area contributed by atoms with Crippen molar-refractivity contribution in [3.05, 3.63) is 0 Å². The predicted molar refractivity (Wildman–Crippen MR) is 109 cm³/mol. The molecule has 7 heteroatoms. The van der Waals surface area contributed by atoms with Gasteiger partial charge in [-0.2, -0.15) is 0 Å². The fourth-order valence-electron chi connectivity index (χ4n) is 2.95. The molecular weight excluding hydrogens is 367 g/mol. The lowest BCUT2D eigenvalue weighted by molar-refractivity contribution is -0.146. The van der Waals surface area contributed by atoms with Crippen LogP contribution in [0.2, 0.25) is 0 Å². The first kappa shape index (κ1) is 26.6. The van der Waals surface area contributed by atoms with Gasteiger partial charge in [0, 0.05) is 6.42 Å². The van der Waals surface area contributed by atoms with E-state index in [0.29, 0.717) is 6.42 Å². The zero-order valence-electron chi connectivity index (χ0n) is 17.1. The number of aliphatic hydroxyl groups is 1. The summed E-state index contributed by atoms with van der Waals surface area (Å²) < 4.78 is 15.6. The van der Waals surface area contributed by atoms with Crippen LogP contribution in [-0.2, 0) is 14.1 Å². The van der Waals surface area contributed by atoms with Gasteiger partial charge in [0.25, 0.3) is 0 Å². The van der Waals surface area contributed by atoms with Crippen LogP contribution < -0.4 is 0 Å². The Morgan fingerprint density at radius 1 is 0.852 bits per heavy atom. The third-order valence-corrected chi connectivity index (χ3v) is 5.52. The molecule has 0 rings (SSSR count). The van der Waals surface area contributed by atoms with Crippen molar-refractivity contribution < 1.29 is 29.0 Å². The molecule has 0 spiro atoms. The Kier molecular flexibility index (Phi) is 17.4. The van der Waals surface area contributed by atoms with Crippen molar-refractivity contribution in [2.45, 2.75) is 109 Å². The average Bonchev–Trinajstić information content (AvgIpc) is 2.61. The van der Waals surface area contributed by atoms with Crippen LogP contribution in [-0.4, -0.2) is 39.7 Å². The number of rotatable bonds is 19. The van der Waals surface area contributed by atoms with Crippen molar-refractivity contribution in [1.29, 1.82) is 0 Å². The SMILES string of the molecule is CCCCCCCCCCCCCCCC(=O)OC[C@@H](O)CCP(=O)(O)O. The highest BCUT2D eigenvalue weighted by Gasteiger charge is 2.17. The van der Waals surface area contributed by atoms with Crippen LogP contribution in [0.4, 0.5) is 0 Å². The lowest BCUT2D eigenvalue weighted by atomic mass is 10.0. The van der Waals surface area contributed by atoms with Gasteiger partial charge in [-0.3, -0.25) is 9.36 Å². The van der Waals surface area contributed by atoms with E-state index in [-0.39, 0.29) is 19.0 Å². The second-order valence-corrected chi connectivity index (χ2v) is 9.28. The van der Waals surface area contributed by atoms with E-state index in [9.17, 15) is 14.5 Å². The third kappa shape index (κ3) is 21.7. The van der Waals surface area contributed by atoms with E-state index in [1.807, 2.05) is 0 Å². The van der Waals surface area contributed by atoms with Gasteiger partial charge >= 0.3 is 13.6 Å². The number of ether oxygens (including phenoxy) is 1. The van der Waals surface area contributed by atoms with Gasteiger partial charge in [0.2, 0.25) is 0 Å². The van der Waals surface area contributed by atoms with Gasteiger partial charge < -0.3 is 19.6 Å². The molecule has 0 aliphatic carbocycles. The number of carbonyl (C=O) groups excluding carboxylic acids is 1. The van der Waals surface area contributed by atoms with Crippen LogP contribution in [0.25, 0.3) is 0 Å². The summed E-state index contributed by atoms with van der Waals surface area (Å²) >= 11 is 0. The zero-order chi connectivity index (χ0) is 20.4. The molecule has 0 aliphatic rings. The van der Waals surface area contributed by atoms with Gasteiger partial charge in [0.15, 0.2) is 0 Å². The van der Waals surface area contributed by atoms with Crippen LogP contribution in [0.1, 0.15) is 103 Å². The largest absolute Gasteiger partial charge is 0.463 e. The number of hydrogen-bond acceptors (Lipinski definition) is 4. The molecule has 0 amide bonds. The molecule has 0 saturated carbocycles. The molecule has 3 N–H and O–H groups in total. The molecule has 162 valence electrons. The molecule has 0 radical (unpaired) electrons. The molecule has 0 unspecified atom stereocenters. The summed E-state index contributed by atoms with van der Waals surface area (Å²) in [6.45, 7) is 2.05. The van der Waals surface area contributed by atoms with Gasteiger partial charge in [0.1, 0.15) is 6.61 Å². The fourth-order valence-corrected chi connectivity index (χ4v) is 3.58. The summed E-state index contributed by atoms with van der Waals surface area (Å²) in [6, 6.07) is 0. The molecule has 0 heterocycles. The minimum absolute atomic E-state index is 0.0731. The van der Waals surface area contributed by atoms with Crippen molar-refractivity contribution in [2.24, 2.45) is 0 Å². The Morgan fingerprint density at radius 2 is 1.30 bits per heavy atom. The van der Waals surface area contributed by atoms with E-state index in [1.54, 1.807) is 0 Å². The predicted octanol–water partition coefficient (Wildman–Crippen LogP) is 4.94. The molecule has 1 atom stereocenters. The maximum absolute atomic E-state index is 11.6. The summed E-state index contributed by atoms with van der Waals surface area (Å²) in [6.07, 6.45) is 15.1. The van der Waals surface area contributed by atoms with Crippen LogP contribution in [0.15, 0.2) is 0 Å². The molecule has 0 bridgehead atoms. The monoisotopic (exact) mass is 408 g/mol. The summed E-state index contributed by atoms with van der Waals surface area (Å²) in [5.74, 6) is -0.353. The first-order chi connectivity index (χ1) is 12.8. The lowest BCUT2D eigenvalue weighted by Gasteiger charge is -2.11. The van der Waals surface area contributed by atoms with Crippen LogP contribution in [0.3, 0.4) is 0 Å². The van der Waals surface area contributed by atoms with Gasteiger partial charge in [0.05, 0.1) is 12.3 Å². The van der Waals surface area contributed by atoms with Gasteiger partial charge in [-0.1, -0.05) is 84.0 Å². The van der Waals surface area contributed by atoms with Crippen molar-refractivity contribution in [3.63, 3.8) is 0 Å². The Morgan fingerprint density at radius 3 is 1.74 bits per heavy atom. The molecule has 0 aliphatic heterocycles. The number of aliphatic hydroxyl groups excluding tert-OH is 1. The minimum Gasteiger partial charge on any atom is -0.463 e. The van der Waals surface area contributed by atoms with Crippen molar-refractivity contribution in [2.75, 3.05) is 12.8 Å². The van der Waals surface area contributed by atoms with Crippen molar-refractivity contribution in [1.82, 2.24) is 0 Å². The van der Waals surface area contributed by atoms with Crippen LogP contribution in [0.5, 0.6) is 0 Å². The fraction of sp³-hybridized carbons (Fsp3) is 0.950. The lowest BCUT2D eigenvalue weighted by Crippen LogP contribution is -2.19. The highest BCUT2D eigenvalue weighted by Crippen LogP contribution is 2.35. The minimum atomic E-state index is -4.11. The highest BCUT2D eigenvalue weighted by molar-refractivity contribution is 7.51.